The normalized spacial score (nSPS) is 11.3. The van der Waals surface area contributed by atoms with Crippen molar-refractivity contribution in [3.63, 3.8) is 0 Å². The van der Waals surface area contributed by atoms with Crippen LogP contribution >= 0.6 is 0 Å². The third kappa shape index (κ3) is 4.03. The Hall–Kier alpha value is -2.44. The molecule has 0 aliphatic heterocycles. The molecule has 0 radical (unpaired) electrons. The van der Waals surface area contributed by atoms with Gasteiger partial charge in [0.25, 0.3) is 5.91 Å². The molecule has 1 aromatic carbocycles. The first-order valence-electron chi connectivity index (χ1n) is 7.31. The van der Waals surface area contributed by atoms with Gasteiger partial charge in [0, 0.05) is 17.8 Å². The van der Waals surface area contributed by atoms with Gasteiger partial charge in [-0.2, -0.15) is 4.80 Å². The Balaban J connectivity index is 1.94. The lowest BCUT2D eigenvalue weighted by Gasteiger charge is -2.15. The van der Waals surface area contributed by atoms with E-state index in [1.807, 2.05) is 39.8 Å². The summed E-state index contributed by atoms with van der Waals surface area (Å²) in [5.41, 5.74) is 1.36. The van der Waals surface area contributed by atoms with Gasteiger partial charge >= 0.3 is 0 Å². The van der Waals surface area contributed by atoms with E-state index in [1.54, 1.807) is 16.9 Å². The molecule has 7 nitrogen and oxygen atoms in total. The predicted octanol–water partition coefficient (Wildman–Crippen LogP) is 1.79. The van der Waals surface area contributed by atoms with Crippen molar-refractivity contribution >= 4 is 11.6 Å². The quantitative estimate of drug-likeness (QED) is 0.879. The van der Waals surface area contributed by atoms with E-state index in [0.29, 0.717) is 24.5 Å². The summed E-state index contributed by atoms with van der Waals surface area (Å²) < 4.78 is 0. The monoisotopic (exact) mass is 302 g/mol. The van der Waals surface area contributed by atoms with Crippen molar-refractivity contribution in [2.24, 2.45) is 0 Å². The highest BCUT2D eigenvalue weighted by atomic mass is 16.1. The van der Waals surface area contributed by atoms with Crippen LogP contribution in [0.1, 0.15) is 43.9 Å². The average Bonchev–Trinajstić information content (AvgIpc) is 2.95. The minimum atomic E-state index is -0.181. The molecule has 2 aromatic rings. The highest BCUT2D eigenvalue weighted by Crippen LogP contribution is 2.12. The average molecular weight is 302 g/mol. The van der Waals surface area contributed by atoms with Crippen LogP contribution in [0.5, 0.6) is 0 Å². The molecule has 0 bridgehead atoms. The van der Waals surface area contributed by atoms with Crippen molar-refractivity contribution in [1.29, 1.82) is 0 Å². The summed E-state index contributed by atoms with van der Waals surface area (Å²) in [6, 6.07) is 7.29. The minimum Gasteiger partial charge on any atom is -0.378 e. The number of nitrogens with one attached hydrogen (secondary N) is 2. The fraction of sp³-hybridized carbons (Fsp3) is 0.467. The molecule has 0 atom stereocenters. The van der Waals surface area contributed by atoms with Crippen LogP contribution in [0, 0.1) is 0 Å². The fourth-order valence-corrected chi connectivity index (χ4v) is 1.78. The lowest BCUT2D eigenvalue weighted by molar-refractivity contribution is 0.0956. The number of carbonyl (C=O) groups is 1. The molecule has 0 aliphatic rings. The number of hydrogen-bond acceptors (Lipinski definition) is 5. The first kappa shape index (κ1) is 15.9. The highest BCUT2D eigenvalue weighted by molar-refractivity contribution is 5.94. The Bertz CT molecular complexity index is 626. The Morgan fingerprint density at radius 1 is 1.23 bits per heavy atom. The van der Waals surface area contributed by atoms with E-state index in [-0.39, 0.29) is 11.4 Å². The first-order chi connectivity index (χ1) is 10.4. The standard InChI is InChI=1S/C15H22N6O/c1-5-16-14(22)11-6-8-12(9-7-11)17-10-13-18-20-21(19-13)15(2,3)4/h6-9,17H,5,10H2,1-4H3,(H,16,22). The SMILES string of the molecule is CCNC(=O)c1ccc(NCc2nnn(C(C)(C)C)n2)cc1. The molecular formula is C15H22N6O. The molecule has 2 rings (SSSR count). The van der Waals surface area contributed by atoms with Crippen molar-refractivity contribution in [1.82, 2.24) is 25.5 Å². The zero-order chi connectivity index (χ0) is 16.2. The number of tetrazole rings is 1. The van der Waals surface area contributed by atoms with Crippen molar-refractivity contribution in [3.05, 3.63) is 35.7 Å². The van der Waals surface area contributed by atoms with E-state index in [0.717, 1.165) is 5.69 Å². The second-order valence-corrected chi connectivity index (χ2v) is 5.96. The van der Waals surface area contributed by atoms with Gasteiger partial charge in [0.2, 0.25) is 0 Å². The molecule has 1 aromatic heterocycles. The maximum absolute atomic E-state index is 11.7. The predicted molar refractivity (Wildman–Crippen MR) is 84.6 cm³/mol. The van der Waals surface area contributed by atoms with Crippen molar-refractivity contribution < 1.29 is 4.79 Å². The summed E-state index contributed by atoms with van der Waals surface area (Å²) in [6.07, 6.45) is 0. The lowest BCUT2D eigenvalue weighted by Crippen LogP contribution is -2.24. The van der Waals surface area contributed by atoms with Crippen LogP contribution in [0.4, 0.5) is 5.69 Å². The molecule has 0 saturated heterocycles. The number of aromatic nitrogens is 4. The smallest absolute Gasteiger partial charge is 0.251 e. The molecule has 22 heavy (non-hydrogen) atoms. The molecule has 0 saturated carbocycles. The molecule has 7 heteroatoms. The summed E-state index contributed by atoms with van der Waals surface area (Å²) in [5.74, 6) is 0.562. The summed E-state index contributed by atoms with van der Waals surface area (Å²) in [6.45, 7) is 9.06. The largest absolute Gasteiger partial charge is 0.378 e. The lowest BCUT2D eigenvalue weighted by atomic mass is 10.1. The van der Waals surface area contributed by atoms with Gasteiger partial charge in [-0.25, -0.2) is 0 Å². The molecule has 0 spiro atoms. The number of benzene rings is 1. The van der Waals surface area contributed by atoms with E-state index in [1.165, 1.54) is 0 Å². The van der Waals surface area contributed by atoms with Crippen molar-refractivity contribution in [2.45, 2.75) is 39.8 Å². The van der Waals surface area contributed by atoms with Gasteiger partial charge < -0.3 is 10.6 Å². The van der Waals surface area contributed by atoms with Crippen LogP contribution in [0.2, 0.25) is 0 Å². The second-order valence-electron chi connectivity index (χ2n) is 5.96. The second kappa shape index (κ2) is 6.55. The summed E-state index contributed by atoms with van der Waals surface area (Å²) >= 11 is 0. The summed E-state index contributed by atoms with van der Waals surface area (Å²) in [5, 5.41) is 18.4. The van der Waals surface area contributed by atoms with E-state index >= 15 is 0 Å². The van der Waals surface area contributed by atoms with Gasteiger partial charge in [0.15, 0.2) is 5.82 Å². The van der Waals surface area contributed by atoms with Crippen molar-refractivity contribution in [3.8, 4) is 0 Å². The molecule has 118 valence electrons. The molecule has 0 unspecified atom stereocenters. The Kier molecular flexibility index (Phi) is 4.75. The first-order valence-corrected chi connectivity index (χ1v) is 7.31. The number of hydrogen-bond donors (Lipinski definition) is 2. The van der Waals surface area contributed by atoms with Gasteiger partial charge in [-0.1, -0.05) is 0 Å². The molecule has 2 N–H and O–H groups in total. The third-order valence-electron chi connectivity index (χ3n) is 2.99. The van der Waals surface area contributed by atoms with Crippen LogP contribution in [-0.2, 0) is 12.1 Å². The summed E-state index contributed by atoms with van der Waals surface area (Å²) in [7, 11) is 0. The van der Waals surface area contributed by atoms with E-state index < -0.39 is 0 Å². The number of rotatable bonds is 5. The van der Waals surface area contributed by atoms with Crippen LogP contribution in [0.25, 0.3) is 0 Å². The minimum absolute atomic E-state index is 0.0659. The van der Waals surface area contributed by atoms with Gasteiger partial charge in [0.1, 0.15) is 0 Å². The van der Waals surface area contributed by atoms with Crippen molar-refractivity contribution in [2.75, 3.05) is 11.9 Å². The fourth-order valence-electron chi connectivity index (χ4n) is 1.78. The van der Waals surface area contributed by atoms with Crippen LogP contribution in [0.3, 0.4) is 0 Å². The van der Waals surface area contributed by atoms with Gasteiger partial charge in [-0.05, 0) is 57.2 Å². The highest BCUT2D eigenvalue weighted by Gasteiger charge is 2.16. The van der Waals surface area contributed by atoms with Crippen LogP contribution in [0.15, 0.2) is 24.3 Å². The van der Waals surface area contributed by atoms with Gasteiger partial charge in [-0.15, -0.1) is 10.2 Å². The Labute approximate surface area is 130 Å². The number of carbonyl (C=O) groups excluding carboxylic acids is 1. The number of anilines is 1. The van der Waals surface area contributed by atoms with Crippen LogP contribution in [-0.4, -0.2) is 32.7 Å². The van der Waals surface area contributed by atoms with E-state index in [2.05, 4.69) is 26.0 Å². The van der Waals surface area contributed by atoms with Gasteiger partial charge in [-0.3, -0.25) is 4.79 Å². The molecular weight excluding hydrogens is 280 g/mol. The number of nitrogens with zero attached hydrogens (tertiary/aromatic N) is 4. The van der Waals surface area contributed by atoms with E-state index in [9.17, 15) is 4.79 Å². The van der Waals surface area contributed by atoms with E-state index in [4.69, 9.17) is 0 Å². The maximum Gasteiger partial charge on any atom is 0.251 e. The molecule has 1 heterocycles. The Morgan fingerprint density at radius 3 is 2.45 bits per heavy atom. The third-order valence-corrected chi connectivity index (χ3v) is 2.99. The molecule has 0 aliphatic carbocycles. The zero-order valence-electron chi connectivity index (χ0n) is 13.4. The topological polar surface area (TPSA) is 84.7 Å². The maximum atomic E-state index is 11.7. The Morgan fingerprint density at radius 2 is 1.91 bits per heavy atom. The molecule has 0 fully saturated rings. The van der Waals surface area contributed by atoms with Gasteiger partial charge in [0.05, 0.1) is 12.1 Å². The molecule has 1 amide bonds. The zero-order valence-corrected chi connectivity index (χ0v) is 13.4. The number of amides is 1. The van der Waals surface area contributed by atoms with Crippen LogP contribution < -0.4 is 10.6 Å². The summed E-state index contributed by atoms with van der Waals surface area (Å²) in [4.78, 5) is 13.3.